The third kappa shape index (κ3) is 2.71. The molecular weight excluding hydrogens is 226 g/mol. The molecule has 1 aromatic heterocycles. The Balaban J connectivity index is 2.34. The van der Waals surface area contributed by atoms with Gasteiger partial charge < -0.3 is 4.42 Å². The lowest BCUT2D eigenvalue weighted by Gasteiger charge is -2.01. The first kappa shape index (κ1) is 10.9. The zero-order valence-corrected chi connectivity index (χ0v) is 9.28. The van der Waals surface area contributed by atoms with Gasteiger partial charge in [0.1, 0.15) is 5.76 Å². The maximum atomic E-state index is 11.0. The Morgan fingerprint density at radius 3 is 2.62 bits per heavy atom. The summed E-state index contributed by atoms with van der Waals surface area (Å²) in [6, 6.07) is 10.7. The van der Waals surface area contributed by atoms with Crippen molar-refractivity contribution in [3.05, 3.63) is 48.2 Å². The molecule has 1 aromatic carbocycles. The minimum absolute atomic E-state index is 0.165. The van der Waals surface area contributed by atoms with Gasteiger partial charge >= 0.3 is 0 Å². The van der Waals surface area contributed by atoms with Crippen LogP contribution in [0.15, 0.2) is 47.1 Å². The normalized spacial score (nSPS) is 11.6. The van der Waals surface area contributed by atoms with Crippen molar-refractivity contribution in [1.29, 1.82) is 0 Å². The zero-order chi connectivity index (χ0) is 11.6. The summed E-state index contributed by atoms with van der Waals surface area (Å²) in [5, 5.41) is 4.99. The molecule has 0 aliphatic rings. The smallest absolute Gasteiger partial charge is 0.213 e. The predicted molar refractivity (Wildman–Crippen MR) is 61.0 cm³/mol. The van der Waals surface area contributed by atoms with Crippen molar-refractivity contribution in [2.75, 3.05) is 0 Å². The Labute approximate surface area is 93.7 Å². The summed E-state index contributed by atoms with van der Waals surface area (Å²) in [4.78, 5) is 0. The minimum atomic E-state index is -3.49. The van der Waals surface area contributed by atoms with Crippen LogP contribution in [-0.2, 0) is 15.8 Å². The van der Waals surface area contributed by atoms with Gasteiger partial charge in [-0.2, -0.15) is 0 Å². The average molecular weight is 237 g/mol. The van der Waals surface area contributed by atoms with Crippen molar-refractivity contribution in [2.45, 2.75) is 5.75 Å². The average Bonchev–Trinajstić information content (AvgIpc) is 2.68. The Morgan fingerprint density at radius 1 is 1.19 bits per heavy atom. The van der Waals surface area contributed by atoms with Crippen LogP contribution in [0.3, 0.4) is 0 Å². The summed E-state index contributed by atoms with van der Waals surface area (Å²) in [5.41, 5.74) is 1.49. The van der Waals surface area contributed by atoms with Crippen molar-refractivity contribution in [3.63, 3.8) is 0 Å². The molecule has 2 N–H and O–H groups in total. The second kappa shape index (κ2) is 4.11. The Morgan fingerprint density at radius 2 is 2.00 bits per heavy atom. The molecule has 1 heterocycles. The van der Waals surface area contributed by atoms with E-state index >= 15 is 0 Å². The minimum Gasteiger partial charge on any atom is -0.464 e. The van der Waals surface area contributed by atoms with E-state index in [1.807, 2.05) is 12.1 Å². The summed E-state index contributed by atoms with van der Waals surface area (Å²) in [6.07, 6.45) is 1.57. The van der Waals surface area contributed by atoms with Crippen molar-refractivity contribution in [2.24, 2.45) is 5.14 Å². The van der Waals surface area contributed by atoms with E-state index in [9.17, 15) is 8.42 Å². The first-order valence-corrected chi connectivity index (χ1v) is 6.39. The maximum Gasteiger partial charge on any atom is 0.213 e. The van der Waals surface area contributed by atoms with Crippen LogP contribution >= 0.6 is 0 Å². The van der Waals surface area contributed by atoms with E-state index in [-0.39, 0.29) is 5.75 Å². The molecular formula is C11H11NO3S. The largest absolute Gasteiger partial charge is 0.464 e. The lowest BCUT2D eigenvalue weighted by atomic mass is 10.1. The lowest BCUT2D eigenvalue weighted by molar-refractivity contribution is 0.582. The number of nitrogens with two attached hydrogens (primary N) is 1. The van der Waals surface area contributed by atoms with Gasteiger partial charge in [0.2, 0.25) is 10.0 Å². The van der Waals surface area contributed by atoms with Gasteiger partial charge in [0.15, 0.2) is 0 Å². The number of furan rings is 1. The van der Waals surface area contributed by atoms with Gasteiger partial charge in [-0.3, -0.25) is 0 Å². The molecule has 0 bridgehead atoms. The highest BCUT2D eigenvalue weighted by atomic mass is 32.2. The van der Waals surface area contributed by atoms with Gasteiger partial charge in [0, 0.05) is 5.56 Å². The number of hydrogen-bond donors (Lipinski definition) is 1. The molecule has 16 heavy (non-hydrogen) atoms. The Hall–Kier alpha value is -1.59. The molecule has 0 aliphatic heterocycles. The van der Waals surface area contributed by atoms with Gasteiger partial charge in [-0.1, -0.05) is 18.2 Å². The van der Waals surface area contributed by atoms with E-state index in [1.54, 1.807) is 30.5 Å². The van der Waals surface area contributed by atoms with E-state index in [0.29, 0.717) is 11.3 Å². The summed E-state index contributed by atoms with van der Waals surface area (Å²) in [7, 11) is -3.49. The molecule has 0 saturated heterocycles. The molecule has 0 atom stereocenters. The molecule has 4 nitrogen and oxygen atoms in total. The van der Waals surface area contributed by atoms with Crippen LogP contribution in [-0.4, -0.2) is 8.42 Å². The lowest BCUT2D eigenvalue weighted by Crippen LogP contribution is -2.14. The van der Waals surface area contributed by atoms with Crippen LogP contribution in [0.2, 0.25) is 0 Å². The van der Waals surface area contributed by atoms with Crippen LogP contribution < -0.4 is 5.14 Å². The van der Waals surface area contributed by atoms with E-state index in [1.165, 1.54) is 0 Å². The highest BCUT2D eigenvalue weighted by molar-refractivity contribution is 7.88. The van der Waals surface area contributed by atoms with Gasteiger partial charge in [0.25, 0.3) is 0 Å². The third-order valence-corrected chi connectivity index (χ3v) is 2.84. The highest BCUT2D eigenvalue weighted by Gasteiger charge is 2.07. The molecule has 0 radical (unpaired) electrons. The fourth-order valence-corrected chi connectivity index (χ4v) is 2.13. The van der Waals surface area contributed by atoms with E-state index in [2.05, 4.69) is 0 Å². The van der Waals surface area contributed by atoms with Crippen molar-refractivity contribution in [1.82, 2.24) is 0 Å². The summed E-state index contributed by atoms with van der Waals surface area (Å²) >= 11 is 0. The topological polar surface area (TPSA) is 73.3 Å². The van der Waals surface area contributed by atoms with Gasteiger partial charge in [-0.05, 0) is 23.8 Å². The molecule has 2 aromatic rings. The Kier molecular flexibility index (Phi) is 2.80. The molecule has 0 saturated carbocycles. The van der Waals surface area contributed by atoms with Crippen LogP contribution in [0.25, 0.3) is 11.3 Å². The zero-order valence-electron chi connectivity index (χ0n) is 8.46. The second-order valence-electron chi connectivity index (χ2n) is 3.48. The first-order valence-electron chi connectivity index (χ1n) is 4.68. The highest BCUT2D eigenvalue weighted by Crippen LogP contribution is 2.21. The third-order valence-electron chi connectivity index (χ3n) is 2.10. The number of benzene rings is 1. The van der Waals surface area contributed by atoms with Gasteiger partial charge in [-0.15, -0.1) is 0 Å². The Bertz CT molecular complexity index is 573. The summed E-state index contributed by atoms with van der Waals surface area (Å²) < 4.78 is 27.1. The first-order chi connectivity index (χ1) is 7.54. The van der Waals surface area contributed by atoms with Crippen LogP contribution in [0, 0.1) is 0 Å². The van der Waals surface area contributed by atoms with Crippen molar-refractivity contribution in [3.8, 4) is 11.3 Å². The van der Waals surface area contributed by atoms with Crippen LogP contribution in [0.4, 0.5) is 0 Å². The molecule has 0 fully saturated rings. The fraction of sp³-hybridized carbons (Fsp3) is 0.0909. The molecule has 0 unspecified atom stereocenters. The van der Waals surface area contributed by atoms with E-state index in [4.69, 9.17) is 9.56 Å². The van der Waals surface area contributed by atoms with Gasteiger partial charge in [0.05, 0.1) is 12.0 Å². The molecule has 5 heteroatoms. The number of hydrogen-bond acceptors (Lipinski definition) is 3. The van der Waals surface area contributed by atoms with Crippen molar-refractivity contribution >= 4 is 10.0 Å². The number of rotatable bonds is 3. The van der Waals surface area contributed by atoms with Gasteiger partial charge in [-0.25, -0.2) is 13.6 Å². The van der Waals surface area contributed by atoms with E-state index < -0.39 is 10.0 Å². The monoisotopic (exact) mass is 237 g/mol. The summed E-state index contributed by atoms with van der Waals surface area (Å²) in [5.74, 6) is 0.540. The second-order valence-corrected chi connectivity index (χ2v) is 5.10. The number of primary sulfonamides is 1. The molecule has 84 valence electrons. The molecule has 0 aliphatic carbocycles. The SMILES string of the molecule is NS(=O)(=O)Cc1cccc(-c2ccco2)c1. The van der Waals surface area contributed by atoms with Crippen LogP contribution in [0.1, 0.15) is 5.56 Å². The fourth-order valence-electron chi connectivity index (χ4n) is 1.49. The standard InChI is InChI=1S/C11H11NO3S/c12-16(13,14)8-9-3-1-4-10(7-9)11-5-2-6-15-11/h1-7H,8H2,(H2,12,13,14). The maximum absolute atomic E-state index is 11.0. The van der Waals surface area contributed by atoms with Crippen LogP contribution in [0.5, 0.6) is 0 Å². The molecule has 0 spiro atoms. The quantitative estimate of drug-likeness (QED) is 0.883. The number of sulfonamides is 1. The summed E-state index contributed by atoms with van der Waals surface area (Å²) in [6.45, 7) is 0. The van der Waals surface area contributed by atoms with Crippen molar-refractivity contribution < 1.29 is 12.8 Å². The van der Waals surface area contributed by atoms with E-state index in [0.717, 1.165) is 5.56 Å². The molecule has 2 rings (SSSR count). The predicted octanol–water partition coefficient (Wildman–Crippen LogP) is 1.74. The molecule has 0 amide bonds.